The molecule has 1 atom stereocenters. The molecule has 15 heavy (non-hydrogen) atoms. The van der Waals surface area contributed by atoms with E-state index in [9.17, 15) is 0 Å². The largest absolute Gasteiger partial charge is 0.316 e. The highest BCUT2D eigenvalue weighted by atomic mass is 14.9. The third kappa shape index (κ3) is 1.80. The van der Waals surface area contributed by atoms with E-state index in [4.69, 9.17) is 0 Å². The highest BCUT2D eigenvalue weighted by Gasteiger charge is 2.18. The van der Waals surface area contributed by atoms with Gasteiger partial charge in [-0.25, -0.2) is 0 Å². The van der Waals surface area contributed by atoms with Crippen LogP contribution in [0.5, 0.6) is 0 Å². The van der Waals surface area contributed by atoms with E-state index in [1.807, 2.05) is 0 Å². The Hall–Kier alpha value is -0.860. The van der Waals surface area contributed by atoms with Gasteiger partial charge in [0.05, 0.1) is 0 Å². The van der Waals surface area contributed by atoms with Crippen molar-refractivity contribution >= 4 is 0 Å². The van der Waals surface area contributed by atoms with Crippen LogP contribution >= 0.6 is 0 Å². The summed E-state index contributed by atoms with van der Waals surface area (Å²) < 4.78 is 0. The van der Waals surface area contributed by atoms with E-state index in [-0.39, 0.29) is 0 Å². The molecule has 1 saturated heterocycles. The lowest BCUT2D eigenvalue weighted by Crippen LogP contribution is -2.23. The molecule has 80 valence electrons. The van der Waals surface area contributed by atoms with Gasteiger partial charge in [0.25, 0.3) is 0 Å². The molecule has 2 N–H and O–H groups in total. The lowest BCUT2D eigenvalue weighted by molar-refractivity contribution is 0.640. The summed E-state index contributed by atoms with van der Waals surface area (Å²) in [5.74, 6) is 0.747. The van der Waals surface area contributed by atoms with Gasteiger partial charge in [0.1, 0.15) is 0 Å². The van der Waals surface area contributed by atoms with E-state index < -0.39 is 0 Å². The second-order valence-electron chi connectivity index (χ2n) is 4.64. The number of rotatable bonds is 1. The van der Waals surface area contributed by atoms with E-state index in [1.54, 1.807) is 5.56 Å². The molecule has 2 aliphatic heterocycles. The van der Waals surface area contributed by atoms with Crippen LogP contribution in [0.25, 0.3) is 0 Å². The van der Waals surface area contributed by atoms with Gasteiger partial charge in [0.15, 0.2) is 0 Å². The normalized spacial score (nSPS) is 25.2. The molecule has 1 fully saturated rings. The molecular weight excluding hydrogens is 184 g/mol. The van der Waals surface area contributed by atoms with Crippen molar-refractivity contribution in [3.05, 3.63) is 34.9 Å². The fourth-order valence-electron chi connectivity index (χ4n) is 2.69. The molecular formula is C13H18N2. The fraction of sp³-hybridized carbons (Fsp3) is 0.538. The second-order valence-corrected chi connectivity index (χ2v) is 4.64. The lowest BCUT2D eigenvalue weighted by atomic mass is 9.92. The average molecular weight is 202 g/mol. The van der Waals surface area contributed by atoms with Crippen molar-refractivity contribution in [3.8, 4) is 0 Å². The summed E-state index contributed by atoms with van der Waals surface area (Å²) in [5, 5.41) is 6.88. The highest BCUT2D eigenvalue weighted by Crippen LogP contribution is 2.25. The van der Waals surface area contributed by atoms with Gasteiger partial charge in [-0.15, -0.1) is 0 Å². The monoisotopic (exact) mass is 202 g/mol. The number of hydrogen-bond acceptors (Lipinski definition) is 2. The van der Waals surface area contributed by atoms with Crippen LogP contribution in [0, 0.1) is 0 Å². The molecule has 0 radical (unpaired) electrons. The van der Waals surface area contributed by atoms with Crippen LogP contribution < -0.4 is 10.6 Å². The van der Waals surface area contributed by atoms with Crippen LogP contribution in [0.3, 0.4) is 0 Å². The van der Waals surface area contributed by atoms with Crippen LogP contribution in [0.1, 0.15) is 29.0 Å². The molecule has 0 bridgehead atoms. The maximum Gasteiger partial charge on any atom is 0.0208 e. The first kappa shape index (κ1) is 9.37. The molecule has 0 saturated carbocycles. The minimum Gasteiger partial charge on any atom is -0.316 e. The summed E-state index contributed by atoms with van der Waals surface area (Å²) in [5.41, 5.74) is 4.59. The first-order valence-corrected chi connectivity index (χ1v) is 5.96. The Balaban J connectivity index is 1.89. The van der Waals surface area contributed by atoms with Crippen molar-refractivity contribution in [1.29, 1.82) is 0 Å². The van der Waals surface area contributed by atoms with Gasteiger partial charge in [0, 0.05) is 13.1 Å². The molecule has 3 rings (SSSR count). The lowest BCUT2D eigenvalue weighted by Gasteiger charge is -2.19. The zero-order chi connectivity index (χ0) is 10.1. The van der Waals surface area contributed by atoms with Gasteiger partial charge in [-0.3, -0.25) is 0 Å². The maximum atomic E-state index is 3.44. The smallest absolute Gasteiger partial charge is 0.0208 e. The zero-order valence-corrected chi connectivity index (χ0v) is 9.05. The van der Waals surface area contributed by atoms with Gasteiger partial charge in [0.2, 0.25) is 0 Å². The third-order valence-electron chi connectivity index (χ3n) is 3.65. The first-order valence-electron chi connectivity index (χ1n) is 5.96. The minimum absolute atomic E-state index is 0.747. The SMILES string of the molecule is c1cc2c(cc1C1CCNC1)CNCC2. The molecule has 2 heterocycles. The number of hydrogen-bond donors (Lipinski definition) is 2. The van der Waals surface area contributed by atoms with Crippen LogP contribution in [0.15, 0.2) is 18.2 Å². The summed E-state index contributed by atoms with van der Waals surface area (Å²) >= 11 is 0. The summed E-state index contributed by atoms with van der Waals surface area (Å²) in [7, 11) is 0. The zero-order valence-electron chi connectivity index (χ0n) is 9.05. The standard InChI is InChI=1S/C13H18N2/c1-2-11(12-4-6-14-8-12)7-13-9-15-5-3-10(1)13/h1-2,7,12,14-15H,3-6,8-9H2. The molecule has 2 heteroatoms. The predicted molar refractivity (Wildman–Crippen MR) is 62.1 cm³/mol. The van der Waals surface area contributed by atoms with Gasteiger partial charge in [-0.2, -0.15) is 0 Å². The van der Waals surface area contributed by atoms with Crippen LogP contribution in [0.4, 0.5) is 0 Å². The summed E-state index contributed by atoms with van der Waals surface area (Å²) in [6.45, 7) is 4.53. The Morgan fingerprint density at radius 1 is 1.07 bits per heavy atom. The summed E-state index contributed by atoms with van der Waals surface area (Å²) in [6, 6.07) is 7.09. The number of fused-ring (bicyclic) bond motifs is 1. The van der Waals surface area contributed by atoms with Crippen LogP contribution in [-0.4, -0.2) is 19.6 Å². The van der Waals surface area contributed by atoms with E-state index >= 15 is 0 Å². The molecule has 0 aromatic heterocycles. The average Bonchev–Trinajstić information content (AvgIpc) is 2.82. The molecule has 2 aliphatic rings. The first-order chi connectivity index (χ1) is 7.43. The molecule has 0 aliphatic carbocycles. The molecule has 2 nitrogen and oxygen atoms in total. The van der Waals surface area contributed by atoms with Crippen molar-refractivity contribution in [2.24, 2.45) is 0 Å². The molecule has 1 unspecified atom stereocenters. The Kier molecular flexibility index (Phi) is 2.47. The minimum atomic E-state index is 0.747. The van der Waals surface area contributed by atoms with Crippen LogP contribution in [0.2, 0.25) is 0 Å². The Morgan fingerprint density at radius 2 is 2.07 bits per heavy atom. The van der Waals surface area contributed by atoms with Crippen LogP contribution in [-0.2, 0) is 13.0 Å². The van der Waals surface area contributed by atoms with E-state index in [1.165, 1.54) is 30.5 Å². The predicted octanol–water partition coefficient (Wildman–Crippen LogP) is 1.41. The quantitative estimate of drug-likeness (QED) is 0.719. The van der Waals surface area contributed by atoms with E-state index in [0.29, 0.717) is 0 Å². The highest BCUT2D eigenvalue weighted by molar-refractivity contribution is 5.35. The van der Waals surface area contributed by atoms with Crippen molar-refractivity contribution in [1.82, 2.24) is 10.6 Å². The summed E-state index contributed by atoms with van der Waals surface area (Å²) in [4.78, 5) is 0. The fourth-order valence-corrected chi connectivity index (χ4v) is 2.69. The maximum absolute atomic E-state index is 3.44. The Labute approximate surface area is 91.1 Å². The molecule has 0 amide bonds. The summed E-state index contributed by atoms with van der Waals surface area (Å²) in [6.07, 6.45) is 2.49. The number of benzene rings is 1. The van der Waals surface area contributed by atoms with Crippen molar-refractivity contribution < 1.29 is 0 Å². The topological polar surface area (TPSA) is 24.1 Å². The van der Waals surface area contributed by atoms with Gasteiger partial charge < -0.3 is 10.6 Å². The van der Waals surface area contributed by atoms with Crippen molar-refractivity contribution in [2.75, 3.05) is 19.6 Å². The third-order valence-corrected chi connectivity index (χ3v) is 3.65. The molecule has 1 aromatic rings. The van der Waals surface area contributed by atoms with E-state index in [0.717, 1.165) is 25.6 Å². The molecule has 0 spiro atoms. The van der Waals surface area contributed by atoms with Gasteiger partial charge in [-0.05, 0) is 48.5 Å². The van der Waals surface area contributed by atoms with Gasteiger partial charge >= 0.3 is 0 Å². The Morgan fingerprint density at radius 3 is 2.93 bits per heavy atom. The molecule has 1 aromatic carbocycles. The van der Waals surface area contributed by atoms with E-state index in [2.05, 4.69) is 28.8 Å². The van der Waals surface area contributed by atoms with Crippen molar-refractivity contribution in [2.45, 2.75) is 25.3 Å². The Bertz CT molecular complexity index is 354. The number of nitrogens with one attached hydrogen (secondary N) is 2. The van der Waals surface area contributed by atoms with Crippen molar-refractivity contribution in [3.63, 3.8) is 0 Å². The van der Waals surface area contributed by atoms with Gasteiger partial charge in [-0.1, -0.05) is 18.2 Å². The second kappa shape index (κ2) is 3.95.